The molecule has 1 unspecified atom stereocenters. The van der Waals surface area contributed by atoms with Crippen LogP contribution in [0.4, 0.5) is 0 Å². The predicted octanol–water partition coefficient (Wildman–Crippen LogP) is 3.43. The van der Waals surface area contributed by atoms with E-state index >= 15 is 0 Å². The Balaban J connectivity index is 2.40. The Bertz CT molecular complexity index is 346. The van der Waals surface area contributed by atoms with Gasteiger partial charge in [-0.05, 0) is 43.0 Å². The zero-order valence-corrected chi connectivity index (χ0v) is 9.78. The molecule has 1 atom stereocenters. The molecule has 0 aliphatic carbocycles. The third-order valence-corrected chi connectivity index (χ3v) is 4.00. The van der Waals surface area contributed by atoms with E-state index in [1.807, 2.05) is 11.8 Å². The molecule has 14 heavy (non-hydrogen) atoms. The van der Waals surface area contributed by atoms with Crippen molar-refractivity contribution >= 4 is 11.8 Å². The van der Waals surface area contributed by atoms with Gasteiger partial charge in [0.05, 0.1) is 7.11 Å². The number of methoxy groups -OCH3 is 1. The molecule has 1 nitrogen and oxygen atoms in total. The van der Waals surface area contributed by atoms with E-state index in [1.54, 1.807) is 7.11 Å². The Kier molecular flexibility index (Phi) is 2.73. The Morgan fingerprint density at radius 2 is 2.21 bits per heavy atom. The molecule has 0 saturated carbocycles. The lowest BCUT2D eigenvalue weighted by molar-refractivity contribution is 0.410. The molecule has 0 bridgehead atoms. The summed E-state index contributed by atoms with van der Waals surface area (Å²) in [5, 5.41) is 0.760. The van der Waals surface area contributed by atoms with Gasteiger partial charge >= 0.3 is 0 Å². The normalized spacial score (nSPS) is 20.4. The molecule has 1 aliphatic rings. The number of fused-ring (bicyclic) bond motifs is 1. The summed E-state index contributed by atoms with van der Waals surface area (Å²) in [6.07, 6.45) is 2.48. The van der Waals surface area contributed by atoms with Crippen molar-refractivity contribution in [2.75, 3.05) is 7.11 Å². The highest BCUT2D eigenvalue weighted by Gasteiger charge is 2.17. The van der Waals surface area contributed by atoms with Crippen molar-refractivity contribution in [3.63, 3.8) is 0 Å². The molecule has 2 rings (SSSR count). The third-order valence-electron chi connectivity index (χ3n) is 2.73. The van der Waals surface area contributed by atoms with Gasteiger partial charge in [-0.2, -0.15) is 0 Å². The molecule has 1 aromatic carbocycles. The predicted molar refractivity (Wildman–Crippen MR) is 61.4 cm³/mol. The molecule has 0 radical (unpaired) electrons. The molecule has 0 saturated heterocycles. The summed E-state index contributed by atoms with van der Waals surface area (Å²) in [6, 6.07) is 4.46. The fraction of sp³-hybridized carbons (Fsp3) is 0.500. The summed E-state index contributed by atoms with van der Waals surface area (Å²) in [5.41, 5.74) is 2.70. The van der Waals surface area contributed by atoms with Gasteiger partial charge in [0.15, 0.2) is 0 Å². The van der Waals surface area contributed by atoms with E-state index in [2.05, 4.69) is 26.0 Å². The fourth-order valence-electron chi connectivity index (χ4n) is 1.86. The Labute approximate surface area is 89.9 Å². The van der Waals surface area contributed by atoms with Gasteiger partial charge in [0.1, 0.15) is 5.75 Å². The second-order valence-corrected chi connectivity index (χ2v) is 5.38. The largest absolute Gasteiger partial charge is 0.496 e. The Morgan fingerprint density at radius 3 is 2.93 bits per heavy atom. The molecule has 0 fully saturated rings. The van der Waals surface area contributed by atoms with Gasteiger partial charge in [0.2, 0.25) is 0 Å². The van der Waals surface area contributed by atoms with Crippen molar-refractivity contribution in [3.8, 4) is 5.75 Å². The number of benzene rings is 1. The second-order valence-electron chi connectivity index (χ2n) is 3.90. The van der Waals surface area contributed by atoms with Crippen LogP contribution >= 0.6 is 11.8 Å². The van der Waals surface area contributed by atoms with Crippen molar-refractivity contribution < 1.29 is 4.74 Å². The quantitative estimate of drug-likeness (QED) is 0.699. The molecule has 0 amide bonds. The first-order valence-corrected chi connectivity index (χ1v) is 5.93. The molecular formula is C12H16OS. The highest BCUT2D eigenvalue weighted by molar-refractivity contribution is 8.00. The maximum atomic E-state index is 5.33. The lowest BCUT2D eigenvalue weighted by atomic mass is 10.0. The molecule has 2 heteroatoms. The smallest absolute Gasteiger partial charge is 0.122 e. The summed E-state index contributed by atoms with van der Waals surface area (Å²) in [7, 11) is 1.74. The van der Waals surface area contributed by atoms with Crippen LogP contribution in [-0.4, -0.2) is 12.4 Å². The molecule has 0 aromatic heterocycles. The van der Waals surface area contributed by atoms with Crippen LogP contribution in [0.5, 0.6) is 5.75 Å². The van der Waals surface area contributed by atoms with Crippen molar-refractivity contribution in [2.45, 2.75) is 36.8 Å². The summed E-state index contributed by atoms with van der Waals surface area (Å²) >= 11 is 1.99. The standard InChI is InChI=1S/C12H16OS/c1-8-6-12-10(7-11(8)13-3)5-4-9(2)14-12/h6-7,9H,4-5H2,1-3H3. The molecule has 1 aromatic rings. The third kappa shape index (κ3) is 1.76. The number of aryl methyl sites for hydroxylation is 2. The maximum absolute atomic E-state index is 5.33. The molecule has 76 valence electrons. The van der Waals surface area contributed by atoms with Crippen LogP contribution in [0.25, 0.3) is 0 Å². The molecular weight excluding hydrogens is 192 g/mol. The van der Waals surface area contributed by atoms with Crippen LogP contribution in [0.15, 0.2) is 17.0 Å². The van der Waals surface area contributed by atoms with E-state index < -0.39 is 0 Å². The van der Waals surface area contributed by atoms with Crippen LogP contribution in [0.3, 0.4) is 0 Å². The average Bonchev–Trinajstić information content (AvgIpc) is 2.16. The second kappa shape index (κ2) is 3.85. The minimum atomic E-state index is 0.760. The molecule has 0 spiro atoms. The summed E-state index contributed by atoms with van der Waals surface area (Å²) < 4.78 is 5.33. The van der Waals surface area contributed by atoms with Gasteiger partial charge in [0.25, 0.3) is 0 Å². The average molecular weight is 208 g/mol. The van der Waals surface area contributed by atoms with E-state index in [1.165, 1.54) is 28.9 Å². The zero-order chi connectivity index (χ0) is 10.1. The van der Waals surface area contributed by atoms with Crippen molar-refractivity contribution in [1.82, 2.24) is 0 Å². The molecule has 1 aliphatic heterocycles. The SMILES string of the molecule is COc1cc2c(cc1C)SC(C)CC2. The number of ether oxygens (including phenoxy) is 1. The minimum Gasteiger partial charge on any atom is -0.496 e. The molecule has 0 N–H and O–H groups in total. The minimum absolute atomic E-state index is 0.760. The van der Waals surface area contributed by atoms with E-state index in [0.29, 0.717) is 0 Å². The highest BCUT2D eigenvalue weighted by Crippen LogP contribution is 2.38. The van der Waals surface area contributed by atoms with Gasteiger partial charge in [-0.25, -0.2) is 0 Å². The van der Waals surface area contributed by atoms with Crippen molar-refractivity contribution in [2.24, 2.45) is 0 Å². The number of thioether (sulfide) groups is 1. The van der Waals surface area contributed by atoms with Crippen LogP contribution in [0.2, 0.25) is 0 Å². The lowest BCUT2D eigenvalue weighted by Crippen LogP contribution is -2.07. The van der Waals surface area contributed by atoms with Crippen LogP contribution in [-0.2, 0) is 6.42 Å². The van der Waals surface area contributed by atoms with E-state index in [0.717, 1.165) is 11.0 Å². The lowest BCUT2D eigenvalue weighted by Gasteiger charge is -2.22. The summed E-state index contributed by atoms with van der Waals surface area (Å²) in [5.74, 6) is 1.03. The monoisotopic (exact) mass is 208 g/mol. The summed E-state index contributed by atoms with van der Waals surface area (Å²) in [6.45, 7) is 4.41. The van der Waals surface area contributed by atoms with Gasteiger partial charge in [-0.3, -0.25) is 0 Å². The number of hydrogen-bond donors (Lipinski definition) is 0. The van der Waals surface area contributed by atoms with E-state index in [4.69, 9.17) is 4.74 Å². The Hall–Kier alpha value is -0.630. The molecule has 1 heterocycles. The van der Waals surface area contributed by atoms with Crippen LogP contribution in [0.1, 0.15) is 24.5 Å². The zero-order valence-electron chi connectivity index (χ0n) is 8.96. The van der Waals surface area contributed by atoms with Gasteiger partial charge < -0.3 is 4.74 Å². The van der Waals surface area contributed by atoms with Gasteiger partial charge in [-0.1, -0.05) is 6.92 Å². The number of rotatable bonds is 1. The van der Waals surface area contributed by atoms with Crippen molar-refractivity contribution in [3.05, 3.63) is 23.3 Å². The van der Waals surface area contributed by atoms with Crippen molar-refractivity contribution in [1.29, 1.82) is 0 Å². The first-order chi connectivity index (χ1) is 6.70. The van der Waals surface area contributed by atoms with Crippen LogP contribution < -0.4 is 4.74 Å². The first kappa shape index (κ1) is 9.91. The van der Waals surface area contributed by atoms with Gasteiger partial charge in [0, 0.05) is 10.1 Å². The van der Waals surface area contributed by atoms with Crippen LogP contribution in [0, 0.1) is 6.92 Å². The fourth-order valence-corrected chi connectivity index (χ4v) is 3.09. The highest BCUT2D eigenvalue weighted by atomic mass is 32.2. The Morgan fingerprint density at radius 1 is 1.43 bits per heavy atom. The number of hydrogen-bond acceptors (Lipinski definition) is 2. The van der Waals surface area contributed by atoms with Gasteiger partial charge in [-0.15, -0.1) is 11.8 Å². The van der Waals surface area contributed by atoms with E-state index in [-0.39, 0.29) is 0 Å². The maximum Gasteiger partial charge on any atom is 0.122 e. The van der Waals surface area contributed by atoms with E-state index in [9.17, 15) is 0 Å². The summed E-state index contributed by atoms with van der Waals surface area (Å²) in [4.78, 5) is 1.45. The topological polar surface area (TPSA) is 9.23 Å². The first-order valence-electron chi connectivity index (χ1n) is 5.05.